The normalized spacial score (nSPS) is 15.0. The van der Waals surface area contributed by atoms with E-state index >= 15 is 0 Å². The van der Waals surface area contributed by atoms with Crippen LogP contribution in [0, 0.1) is 0 Å². The lowest BCUT2D eigenvalue weighted by atomic mass is 10.2. The number of hydrogen-bond donors (Lipinski definition) is 1. The summed E-state index contributed by atoms with van der Waals surface area (Å²) in [6.07, 6.45) is 2.26. The van der Waals surface area contributed by atoms with Crippen molar-refractivity contribution in [1.82, 2.24) is 10.3 Å². The number of benzene rings is 1. The summed E-state index contributed by atoms with van der Waals surface area (Å²) < 4.78 is 27.1. The van der Waals surface area contributed by atoms with Crippen LogP contribution in [0.15, 0.2) is 48.7 Å². The maximum absolute atomic E-state index is 12.8. The molecule has 1 fully saturated rings. The first-order valence-corrected chi connectivity index (χ1v) is 10.7. The second-order valence-corrected chi connectivity index (χ2v) is 8.43. The number of sulfonamides is 1. The number of aromatic nitrogens is 1. The van der Waals surface area contributed by atoms with E-state index in [9.17, 15) is 8.42 Å². The van der Waals surface area contributed by atoms with Gasteiger partial charge in [0.25, 0.3) is 0 Å². The Morgan fingerprint density at radius 1 is 1.12 bits per heavy atom. The number of nitrogens with one attached hydrogen (secondary N) is 1. The largest absolute Gasteiger partial charge is 0.354 e. The summed E-state index contributed by atoms with van der Waals surface area (Å²) in [7, 11) is -3.39. The van der Waals surface area contributed by atoms with Crippen molar-refractivity contribution in [3.63, 3.8) is 0 Å². The van der Waals surface area contributed by atoms with E-state index in [1.54, 1.807) is 6.20 Å². The Bertz CT molecular complexity index is 788. The Labute approximate surface area is 155 Å². The summed E-state index contributed by atoms with van der Waals surface area (Å²) >= 11 is 0. The van der Waals surface area contributed by atoms with Crippen LogP contribution in [-0.4, -0.2) is 45.3 Å². The molecule has 2 heterocycles. The molecule has 1 aliphatic heterocycles. The molecule has 7 heteroatoms. The van der Waals surface area contributed by atoms with Crippen molar-refractivity contribution >= 4 is 21.5 Å². The van der Waals surface area contributed by atoms with Gasteiger partial charge in [-0.3, -0.25) is 4.31 Å². The van der Waals surface area contributed by atoms with Crippen LogP contribution in [0.2, 0.25) is 0 Å². The van der Waals surface area contributed by atoms with Crippen LogP contribution in [0.1, 0.15) is 18.9 Å². The molecule has 0 saturated carbocycles. The highest BCUT2D eigenvalue weighted by Crippen LogP contribution is 2.23. The smallest absolute Gasteiger partial charge is 0.235 e. The summed E-state index contributed by atoms with van der Waals surface area (Å²) in [5.74, 6) is 1.02. The van der Waals surface area contributed by atoms with Gasteiger partial charge in [0.1, 0.15) is 5.82 Å². The van der Waals surface area contributed by atoms with Crippen LogP contribution in [0.4, 0.5) is 11.5 Å². The molecule has 140 valence electrons. The average molecular weight is 375 g/mol. The first-order valence-electron chi connectivity index (χ1n) is 9.06. The molecule has 0 radical (unpaired) electrons. The second kappa shape index (κ2) is 8.51. The van der Waals surface area contributed by atoms with Crippen LogP contribution in [0.5, 0.6) is 0 Å². The van der Waals surface area contributed by atoms with Crippen LogP contribution in [0.25, 0.3) is 0 Å². The number of hydrogen-bond acceptors (Lipinski definition) is 5. The van der Waals surface area contributed by atoms with E-state index in [2.05, 4.69) is 15.2 Å². The standard InChI is InChI=1S/C19H26N4O2S/c1-2-14-26(24,25)23(16-17-6-4-3-5-7-17)18-8-9-19(21-15-18)22-12-10-20-11-13-22/h3-9,15,20H,2,10-14,16H2,1H3. The van der Waals surface area contributed by atoms with Gasteiger partial charge in [-0.05, 0) is 24.1 Å². The molecule has 1 N–H and O–H groups in total. The Morgan fingerprint density at radius 2 is 1.85 bits per heavy atom. The molecule has 2 aromatic rings. The van der Waals surface area contributed by atoms with Gasteiger partial charge < -0.3 is 10.2 Å². The molecule has 0 amide bonds. The minimum Gasteiger partial charge on any atom is -0.354 e. The molecule has 1 aromatic carbocycles. The Hall–Kier alpha value is -2.12. The molecule has 1 aromatic heterocycles. The number of rotatable bonds is 7. The molecule has 0 spiro atoms. The van der Waals surface area contributed by atoms with Crippen molar-refractivity contribution in [2.24, 2.45) is 0 Å². The lowest BCUT2D eigenvalue weighted by molar-refractivity contribution is 0.584. The predicted molar refractivity (Wildman–Crippen MR) is 106 cm³/mol. The second-order valence-electron chi connectivity index (χ2n) is 6.42. The van der Waals surface area contributed by atoms with Crippen molar-refractivity contribution < 1.29 is 8.42 Å². The average Bonchev–Trinajstić information content (AvgIpc) is 2.68. The highest BCUT2D eigenvalue weighted by molar-refractivity contribution is 7.92. The quantitative estimate of drug-likeness (QED) is 0.805. The third-order valence-electron chi connectivity index (χ3n) is 4.43. The van der Waals surface area contributed by atoms with Gasteiger partial charge in [0.2, 0.25) is 10.0 Å². The lowest BCUT2D eigenvalue weighted by Crippen LogP contribution is -2.43. The van der Waals surface area contributed by atoms with Crippen LogP contribution < -0.4 is 14.5 Å². The molecule has 26 heavy (non-hydrogen) atoms. The summed E-state index contributed by atoms with van der Waals surface area (Å²) in [5, 5.41) is 3.32. The van der Waals surface area contributed by atoms with E-state index < -0.39 is 10.0 Å². The van der Waals surface area contributed by atoms with Gasteiger partial charge in [0.15, 0.2) is 0 Å². The van der Waals surface area contributed by atoms with Gasteiger partial charge in [0.05, 0.1) is 24.2 Å². The Morgan fingerprint density at radius 3 is 2.46 bits per heavy atom. The fourth-order valence-electron chi connectivity index (χ4n) is 3.07. The zero-order valence-corrected chi connectivity index (χ0v) is 16.0. The summed E-state index contributed by atoms with van der Waals surface area (Å²) in [6.45, 7) is 5.90. The van der Waals surface area contributed by atoms with E-state index in [1.807, 2.05) is 49.4 Å². The molecule has 0 unspecified atom stereocenters. The van der Waals surface area contributed by atoms with Gasteiger partial charge >= 0.3 is 0 Å². The minimum atomic E-state index is -3.39. The van der Waals surface area contributed by atoms with Crippen LogP contribution in [-0.2, 0) is 16.6 Å². The summed E-state index contributed by atoms with van der Waals surface area (Å²) in [5.41, 5.74) is 1.57. The fraction of sp³-hybridized carbons (Fsp3) is 0.421. The van der Waals surface area contributed by atoms with E-state index in [0.29, 0.717) is 18.7 Å². The lowest BCUT2D eigenvalue weighted by Gasteiger charge is -2.29. The SMILES string of the molecule is CCCS(=O)(=O)N(Cc1ccccc1)c1ccc(N2CCNCC2)nc1. The maximum atomic E-state index is 12.8. The van der Waals surface area contributed by atoms with Crippen LogP contribution >= 0.6 is 0 Å². The maximum Gasteiger partial charge on any atom is 0.235 e. The first kappa shape index (κ1) is 18.7. The predicted octanol–water partition coefficient (Wildman–Crippen LogP) is 2.24. The minimum absolute atomic E-state index is 0.124. The highest BCUT2D eigenvalue weighted by Gasteiger charge is 2.23. The fourth-order valence-corrected chi connectivity index (χ4v) is 4.59. The zero-order valence-electron chi connectivity index (χ0n) is 15.1. The van der Waals surface area contributed by atoms with E-state index in [4.69, 9.17) is 0 Å². The highest BCUT2D eigenvalue weighted by atomic mass is 32.2. The Kier molecular flexibility index (Phi) is 6.11. The van der Waals surface area contributed by atoms with Gasteiger partial charge in [0, 0.05) is 26.2 Å². The third-order valence-corrected chi connectivity index (χ3v) is 6.36. The number of anilines is 2. The molecule has 0 aliphatic carbocycles. The van der Waals surface area contributed by atoms with Gasteiger partial charge in [-0.25, -0.2) is 13.4 Å². The topological polar surface area (TPSA) is 65.5 Å². The van der Waals surface area contributed by atoms with E-state index in [-0.39, 0.29) is 5.75 Å². The summed E-state index contributed by atoms with van der Waals surface area (Å²) in [6, 6.07) is 13.4. The van der Waals surface area contributed by atoms with Crippen molar-refractivity contribution in [3.05, 3.63) is 54.2 Å². The molecule has 3 rings (SSSR count). The number of nitrogens with zero attached hydrogens (tertiary/aromatic N) is 3. The van der Waals surface area contributed by atoms with Gasteiger partial charge in [-0.1, -0.05) is 37.3 Å². The van der Waals surface area contributed by atoms with E-state index in [1.165, 1.54) is 4.31 Å². The molecule has 6 nitrogen and oxygen atoms in total. The molecule has 1 aliphatic rings. The molecule has 0 atom stereocenters. The molecular weight excluding hydrogens is 348 g/mol. The molecular formula is C19H26N4O2S. The molecule has 1 saturated heterocycles. The molecule has 0 bridgehead atoms. The van der Waals surface area contributed by atoms with Crippen molar-refractivity contribution in [2.45, 2.75) is 19.9 Å². The third kappa shape index (κ3) is 4.53. The Balaban J connectivity index is 1.86. The van der Waals surface area contributed by atoms with Crippen molar-refractivity contribution in [1.29, 1.82) is 0 Å². The van der Waals surface area contributed by atoms with Crippen molar-refractivity contribution in [3.8, 4) is 0 Å². The number of pyridine rings is 1. The monoisotopic (exact) mass is 374 g/mol. The summed E-state index contributed by atoms with van der Waals surface area (Å²) in [4.78, 5) is 6.74. The van der Waals surface area contributed by atoms with Gasteiger partial charge in [-0.2, -0.15) is 0 Å². The van der Waals surface area contributed by atoms with Crippen LogP contribution in [0.3, 0.4) is 0 Å². The van der Waals surface area contributed by atoms with Gasteiger partial charge in [-0.15, -0.1) is 0 Å². The first-order chi connectivity index (χ1) is 12.6. The van der Waals surface area contributed by atoms with E-state index in [0.717, 1.165) is 37.6 Å². The number of piperazine rings is 1. The zero-order chi connectivity index (χ0) is 18.4. The van der Waals surface area contributed by atoms with Crippen molar-refractivity contribution in [2.75, 3.05) is 41.1 Å².